The van der Waals surface area contributed by atoms with Gasteiger partial charge in [0.25, 0.3) is 11.6 Å². The van der Waals surface area contributed by atoms with Crippen molar-refractivity contribution in [2.75, 3.05) is 13.6 Å². The van der Waals surface area contributed by atoms with E-state index in [1.165, 1.54) is 23.2 Å². The number of nitrogens with zero attached hydrogens (tertiary/aromatic N) is 5. The number of carbonyl (C=O) groups is 2. The normalized spacial score (nSPS) is 21.7. The summed E-state index contributed by atoms with van der Waals surface area (Å²) in [6.07, 6.45) is 2.33. The van der Waals surface area contributed by atoms with E-state index in [4.69, 9.17) is 0 Å². The van der Waals surface area contributed by atoms with Gasteiger partial charge in [0, 0.05) is 31.3 Å². The molecule has 2 aliphatic rings. The predicted octanol–water partition coefficient (Wildman–Crippen LogP) is 0.252. The molecule has 1 fully saturated rings. The molecule has 0 radical (unpaired) electrons. The maximum Gasteiger partial charge on any atom is 0.325 e. The minimum atomic E-state index is -0.693. The quantitative estimate of drug-likeness (QED) is 0.330. The van der Waals surface area contributed by atoms with E-state index >= 15 is 0 Å². The van der Waals surface area contributed by atoms with E-state index in [1.54, 1.807) is 30.2 Å². The fourth-order valence-electron chi connectivity index (χ4n) is 2.84. The van der Waals surface area contributed by atoms with Crippen LogP contribution >= 0.6 is 0 Å². The van der Waals surface area contributed by atoms with Crippen molar-refractivity contribution in [2.24, 2.45) is 10.1 Å². The number of guanidine groups is 1. The molecule has 1 aromatic rings. The molecule has 1 saturated heterocycles. The molecule has 3 amide bonds. The third-order valence-electron chi connectivity index (χ3n) is 4.15. The molecule has 1 aromatic carbocycles. The van der Waals surface area contributed by atoms with Crippen LogP contribution in [0, 0.1) is 10.1 Å². The van der Waals surface area contributed by atoms with Gasteiger partial charge in [-0.3, -0.25) is 20.2 Å². The van der Waals surface area contributed by atoms with Crippen LogP contribution in [-0.2, 0) is 4.79 Å². The average molecular weight is 371 g/mol. The molecule has 0 bridgehead atoms. The lowest BCUT2D eigenvalue weighted by Crippen LogP contribution is -2.64. The van der Waals surface area contributed by atoms with Gasteiger partial charge in [-0.05, 0) is 0 Å². The third-order valence-corrected chi connectivity index (χ3v) is 4.15. The SMILES string of the molecule is C=CCN1C(N/N=C/c2cccc([N+](=O)[O-])c2)=NC2C1C(=O)NC(=O)N2C. The summed E-state index contributed by atoms with van der Waals surface area (Å²) in [5, 5.41) is 17.1. The zero-order valence-electron chi connectivity index (χ0n) is 14.4. The van der Waals surface area contributed by atoms with Crippen LogP contribution in [0.25, 0.3) is 0 Å². The van der Waals surface area contributed by atoms with E-state index < -0.39 is 29.1 Å². The lowest BCUT2D eigenvalue weighted by Gasteiger charge is -2.35. The molecular weight excluding hydrogens is 354 g/mol. The van der Waals surface area contributed by atoms with Crippen molar-refractivity contribution in [1.29, 1.82) is 0 Å². The molecular formula is C16H17N7O4. The van der Waals surface area contributed by atoms with E-state index in [1.807, 2.05) is 0 Å². The standard InChI is InChI=1S/C16H17N7O4/c1-3-7-22-12-13(21(2)16(25)19-14(12)24)18-15(22)20-17-9-10-5-4-6-11(8-10)23(26)27/h3-6,8-9,12-13H,1,7H2,2H3,(H,18,20)(H,19,24,25)/b17-9+. The molecule has 0 saturated carbocycles. The first-order valence-corrected chi connectivity index (χ1v) is 7.99. The first-order chi connectivity index (χ1) is 12.9. The fraction of sp³-hybridized carbons (Fsp3) is 0.250. The van der Waals surface area contributed by atoms with Gasteiger partial charge in [-0.1, -0.05) is 18.2 Å². The summed E-state index contributed by atoms with van der Waals surface area (Å²) in [6, 6.07) is 4.76. The number of aliphatic imine (C=N–C) groups is 1. The smallest absolute Gasteiger partial charge is 0.322 e. The Balaban J connectivity index is 1.79. The maximum absolute atomic E-state index is 12.2. The van der Waals surface area contributed by atoms with Gasteiger partial charge in [0.05, 0.1) is 11.1 Å². The largest absolute Gasteiger partial charge is 0.325 e. The number of nitro groups is 1. The van der Waals surface area contributed by atoms with E-state index in [0.717, 1.165) is 0 Å². The summed E-state index contributed by atoms with van der Waals surface area (Å²) < 4.78 is 0. The van der Waals surface area contributed by atoms with Gasteiger partial charge in [-0.25, -0.2) is 15.2 Å². The van der Waals surface area contributed by atoms with E-state index in [0.29, 0.717) is 18.1 Å². The Kier molecular flexibility index (Phi) is 4.83. The number of nitrogens with one attached hydrogen (secondary N) is 2. The summed E-state index contributed by atoms with van der Waals surface area (Å²) in [5.41, 5.74) is 3.21. The van der Waals surface area contributed by atoms with E-state index in [9.17, 15) is 19.7 Å². The highest BCUT2D eigenvalue weighted by atomic mass is 16.6. The van der Waals surface area contributed by atoms with Crippen LogP contribution in [0.2, 0.25) is 0 Å². The number of hydrogen-bond donors (Lipinski definition) is 2. The van der Waals surface area contributed by atoms with Crippen molar-refractivity contribution in [3.63, 3.8) is 0 Å². The number of non-ortho nitro benzene ring substituents is 1. The van der Waals surface area contributed by atoms with Gasteiger partial charge in [0.1, 0.15) is 0 Å². The average Bonchev–Trinajstić information content (AvgIpc) is 2.99. The second kappa shape index (κ2) is 7.23. The van der Waals surface area contributed by atoms with Gasteiger partial charge >= 0.3 is 6.03 Å². The van der Waals surface area contributed by atoms with Crippen LogP contribution < -0.4 is 10.7 Å². The molecule has 2 atom stereocenters. The van der Waals surface area contributed by atoms with Crippen LogP contribution in [0.15, 0.2) is 47.0 Å². The third kappa shape index (κ3) is 3.47. The van der Waals surface area contributed by atoms with Gasteiger partial charge in [0.15, 0.2) is 12.2 Å². The Morgan fingerprint density at radius 2 is 2.26 bits per heavy atom. The fourth-order valence-corrected chi connectivity index (χ4v) is 2.84. The Morgan fingerprint density at radius 1 is 1.48 bits per heavy atom. The van der Waals surface area contributed by atoms with Crippen molar-refractivity contribution in [2.45, 2.75) is 12.2 Å². The Labute approximate surface area is 154 Å². The number of likely N-dealkylation sites (N-methyl/N-ethyl adjacent to an activating group) is 1. The lowest BCUT2D eigenvalue weighted by molar-refractivity contribution is -0.384. The van der Waals surface area contributed by atoms with Gasteiger partial charge < -0.3 is 9.80 Å². The van der Waals surface area contributed by atoms with Gasteiger partial charge in [-0.2, -0.15) is 5.10 Å². The molecule has 0 aliphatic carbocycles. The Morgan fingerprint density at radius 3 is 2.96 bits per heavy atom. The number of rotatable bonds is 5. The molecule has 2 unspecified atom stereocenters. The molecule has 2 heterocycles. The van der Waals surface area contributed by atoms with Crippen LogP contribution in [-0.4, -0.2) is 64.6 Å². The van der Waals surface area contributed by atoms with Crippen molar-refractivity contribution >= 4 is 29.8 Å². The molecule has 27 heavy (non-hydrogen) atoms. The second-order valence-electron chi connectivity index (χ2n) is 5.88. The number of nitro benzene ring substituents is 1. The zero-order valence-corrected chi connectivity index (χ0v) is 14.4. The monoisotopic (exact) mass is 371 g/mol. The minimum Gasteiger partial charge on any atom is -0.322 e. The van der Waals surface area contributed by atoms with Crippen molar-refractivity contribution in [1.82, 2.24) is 20.5 Å². The molecule has 0 spiro atoms. The summed E-state index contributed by atoms with van der Waals surface area (Å²) in [5.74, 6) is -0.156. The number of benzene rings is 1. The van der Waals surface area contributed by atoms with Crippen LogP contribution in [0.3, 0.4) is 0 Å². The summed E-state index contributed by atoms with van der Waals surface area (Å²) in [6.45, 7) is 3.98. The molecule has 2 N–H and O–H groups in total. The van der Waals surface area contributed by atoms with Crippen LogP contribution in [0.5, 0.6) is 0 Å². The van der Waals surface area contributed by atoms with Gasteiger partial charge in [0.2, 0.25) is 5.96 Å². The highest BCUT2D eigenvalue weighted by Gasteiger charge is 2.48. The summed E-state index contributed by atoms with van der Waals surface area (Å²) in [4.78, 5) is 41.7. The highest BCUT2D eigenvalue weighted by molar-refractivity contribution is 6.03. The van der Waals surface area contributed by atoms with Crippen molar-refractivity contribution < 1.29 is 14.5 Å². The topological polar surface area (TPSA) is 133 Å². The lowest BCUT2D eigenvalue weighted by atomic mass is 10.1. The molecule has 0 aromatic heterocycles. The predicted molar refractivity (Wildman–Crippen MR) is 97.0 cm³/mol. The highest BCUT2D eigenvalue weighted by Crippen LogP contribution is 2.23. The van der Waals surface area contributed by atoms with Crippen LogP contribution in [0.4, 0.5) is 10.5 Å². The Hall–Kier alpha value is -3.76. The zero-order chi connectivity index (χ0) is 19.6. The summed E-state index contributed by atoms with van der Waals surface area (Å²) in [7, 11) is 1.55. The van der Waals surface area contributed by atoms with Gasteiger partial charge in [-0.15, -0.1) is 6.58 Å². The number of fused-ring (bicyclic) bond motifs is 1. The molecule has 2 aliphatic heterocycles. The number of hydrogen-bond acceptors (Lipinski definition) is 8. The number of urea groups is 1. The second-order valence-corrected chi connectivity index (χ2v) is 5.88. The van der Waals surface area contributed by atoms with E-state index in [2.05, 4.69) is 27.4 Å². The van der Waals surface area contributed by atoms with Crippen molar-refractivity contribution in [3.05, 3.63) is 52.6 Å². The summed E-state index contributed by atoms with van der Waals surface area (Å²) >= 11 is 0. The van der Waals surface area contributed by atoms with E-state index in [-0.39, 0.29) is 5.69 Å². The Bertz CT molecular complexity index is 866. The molecule has 11 nitrogen and oxygen atoms in total. The first kappa shape index (κ1) is 18.0. The number of carbonyl (C=O) groups excluding carboxylic acids is 2. The van der Waals surface area contributed by atoms with Crippen molar-refractivity contribution in [3.8, 4) is 0 Å². The first-order valence-electron chi connectivity index (χ1n) is 7.99. The minimum absolute atomic E-state index is 0.0479. The number of amides is 3. The molecule has 11 heteroatoms. The van der Waals surface area contributed by atoms with Crippen LogP contribution in [0.1, 0.15) is 5.56 Å². The molecule has 140 valence electrons. The maximum atomic E-state index is 12.2. The number of hydrazone groups is 1. The molecule has 3 rings (SSSR count). The number of imide groups is 1.